The van der Waals surface area contributed by atoms with Gasteiger partial charge in [0.05, 0.1) is 35.8 Å². The van der Waals surface area contributed by atoms with Crippen molar-refractivity contribution in [3.8, 4) is 0 Å². The van der Waals surface area contributed by atoms with Crippen molar-refractivity contribution in [2.24, 2.45) is 0 Å². The Balaban J connectivity index is 1.81. The van der Waals surface area contributed by atoms with E-state index in [1.54, 1.807) is 6.20 Å². The van der Waals surface area contributed by atoms with Crippen LogP contribution in [-0.4, -0.2) is 42.0 Å². The van der Waals surface area contributed by atoms with Crippen LogP contribution in [0.3, 0.4) is 0 Å². The maximum atomic E-state index is 13.0. The summed E-state index contributed by atoms with van der Waals surface area (Å²) in [6, 6.07) is 1.92. The fourth-order valence-corrected chi connectivity index (χ4v) is 3.29. The molecule has 0 aliphatic carbocycles. The second-order valence-electron chi connectivity index (χ2n) is 6.65. The smallest absolute Gasteiger partial charge is 0.257 e. The Morgan fingerprint density at radius 2 is 2.16 bits per heavy atom. The topological polar surface area (TPSA) is 76.2 Å². The van der Waals surface area contributed by atoms with Gasteiger partial charge in [-0.05, 0) is 32.3 Å². The number of fused-ring (bicyclic) bond motifs is 1. The van der Waals surface area contributed by atoms with Gasteiger partial charge in [-0.25, -0.2) is 0 Å². The predicted octanol–water partition coefficient (Wildman–Crippen LogP) is 2.29. The highest BCUT2D eigenvalue weighted by atomic mass is 16.3. The highest BCUT2D eigenvalue weighted by molar-refractivity contribution is 5.95. The number of amides is 1. The molecule has 0 unspecified atom stereocenters. The summed E-state index contributed by atoms with van der Waals surface area (Å²) < 4.78 is 3.82. The number of aliphatic hydroxyl groups excluding tert-OH is 1. The van der Waals surface area contributed by atoms with Gasteiger partial charge in [0.25, 0.3) is 5.91 Å². The first-order valence-electron chi connectivity index (χ1n) is 9.11. The molecule has 0 aromatic carbocycles. The van der Waals surface area contributed by atoms with E-state index < -0.39 is 6.10 Å². The number of hydrogen-bond acceptors (Lipinski definition) is 4. The van der Waals surface area contributed by atoms with Gasteiger partial charge in [-0.3, -0.25) is 14.2 Å². The monoisotopic (exact) mass is 345 g/mol. The zero-order valence-corrected chi connectivity index (χ0v) is 15.3. The van der Waals surface area contributed by atoms with Crippen LogP contribution >= 0.6 is 0 Å². The largest absolute Gasteiger partial charge is 0.387 e. The third kappa shape index (κ3) is 3.46. The van der Waals surface area contributed by atoms with Gasteiger partial charge in [0.15, 0.2) is 0 Å². The van der Waals surface area contributed by atoms with Gasteiger partial charge >= 0.3 is 0 Å². The molecule has 1 aliphatic rings. The van der Waals surface area contributed by atoms with Gasteiger partial charge < -0.3 is 10.0 Å². The van der Waals surface area contributed by atoms with Crippen LogP contribution in [0.25, 0.3) is 0 Å². The lowest BCUT2D eigenvalue weighted by Crippen LogP contribution is -2.31. The van der Waals surface area contributed by atoms with E-state index in [4.69, 9.17) is 0 Å². The second kappa shape index (κ2) is 7.39. The van der Waals surface area contributed by atoms with E-state index in [9.17, 15) is 9.90 Å². The molecule has 1 atom stereocenters. The first kappa shape index (κ1) is 17.7. The summed E-state index contributed by atoms with van der Waals surface area (Å²) in [5.41, 5.74) is 3.27. The van der Waals surface area contributed by atoms with E-state index in [0.717, 1.165) is 37.3 Å². The molecule has 0 saturated carbocycles. The molecular weight excluding hydrogens is 318 g/mol. The molecule has 3 heterocycles. The molecule has 1 aliphatic heterocycles. The van der Waals surface area contributed by atoms with Gasteiger partial charge in [-0.15, -0.1) is 0 Å². The number of aromatic nitrogens is 4. The van der Waals surface area contributed by atoms with E-state index in [0.29, 0.717) is 30.8 Å². The van der Waals surface area contributed by atoms with Gasteiger partial charge in [0, 0.05) is 25.3 Å². The molecule has 25 heavy (non-hydrogen) atoms. The molecule has 0 saturated heterocycles. The summed E-state index contributed by atoms with van der Waals surface area (Å²) in [7, 11) is 0. The highest BCUT2D eigenvalue weighted by Gasteiger charge is 2.25. The Morgan fingerprint density at radius 3 is 2.88 bits per heavy atom. The minimum Gasteiger partial charge on any atom is -0.387 e. The Morgan fingerprint density at radius 1 is 1.36 bits per heavy atom. The Kier molecular flexibility index (Phi) is 5.22. The van der Waals surface area contributed by atoms with Crippen molar-refractivity contribution < 1.29 is 9.90 Å². The maximum absolute atomic E-state index is 13.0. The standard InChI is InChI=1S/C18H27N5O2/c1-4-7-22-13(3)15(11-19-22)18(25)21-8-6-9-23-14(12-21)10-16(20-23)17(24)5-2/h10-11,17,24H,4-9,12H2,1-3H3/t17-/m1/s1. The molecule has 2 aromatic heterocycles. The minimum atomic E-state index is -0.543. The quantitative estimate of drug-likeness (QED) is 0.902. The molecule has 7 nitrogen and oxygen atoms in total. The molecule has 0 fully saturated rings. The van der Waals surface area contributed by atoms with E-state index >= 15 is 0 Å². The van der Waals surface area contributed by atoms with E-state index in [1.165, 1.54) is 0 Å². The first-order valence-corrected chi connectivity index (χ1v) is 9.11. The summed E-state index contributed by atoms with van der Waals surface area (Å²) in [6.07, 6.45) is 3.61. The van der Waals surface area contributed by atoms with Crippen LogP contribution in [0.1, 0.15) is 66.7 Å². The molecule has 0 spiro atoms. The summed E-state index contributed by atoms with van der Waals surface area (Å²) >= 11 is 0. The van der Waals surface area contributed by atoms with E-state index in [-0.39, 0.29) is 5.91 Å². The zero-order chi connectivity index (χ0) is 18.0. The average molecular weight is 345 g/mol. The fourth-order valence-electron chi connectivity index (χ4n) is 3.29. The molecule has 7 heteroatoms. The zero-order valence-electron chi connectivity index (χ0n) is 15.3. The molecule has 0 radical (unpaired) electrons. The number of rotatable bonds is 5. The van der Waals surface area contributed by atoms with Crippen molar-refractivity contribution in [1.82, 2.24) is 24.5 Å². The van der Waals surface area contributed by atoms with Crippen molar-refractivity contribution in [1.29, 1.82) is 0 Å². The number of carbonyl (C=O) groups is 1. The van der Waals surface area contributed by atoms with Gasteiger partial charge in [-0.1, -0.05) is 13.8 Å². The van der Waals surface area contributed by atoms with Crippen LogP contribution in [0.5, 0.6) is 0 Å². The number of hydrogen-bond donors (Lipinski definition) is 1. The molecule has 2 aromatic rings. The normalized spacial score (nSPS) is 15.8. The molecule has 3 rings (SSSR count). The van der Waals surface area contributed by atoms with Gasteiger partial charge in [0.2, 0.25) is 0 Å². The van der Waals surface area contributed by atoms with E-state index in [1.807, 2.05) is 34.2 Å². The summed E-state index contributed by atoms with van der Waals surface area (Å²) in [6.45, 7) is 8.79. The first-order chi connectivity index (χ1) is 12.0. The Bertz CT molecular complexity index is 749. The molecule has 1 N–H and O–H groups in total. The lowest BCUT2D eigenvalue weighted by molar-refractivity contribution is 0.0745. The molecular formula is C18H27N5O2. The van der Waals surface area contributed by atoms with Crippen LogP contribution in [0.4, 0.5) is 0 Å². The van der Waals surface area contributed by atoms with Crippen molar-refractivity contribution >= 4 is 5.91 Å². The van der Waals surface area contributed by atoms with Crippen LogP contribution in [-0.2, 0) is 19.6 Å². The van der Waals surface area contributed by atoms with Crippen molar-refractivity contribution in [3.05, 3.63) is 34.9 Å². The highest BCUT2D eigenvalue weighted by Crippen LogP contribution is 2.21. The molecule has 0 bridgehead atoms. The predicted molar refractivity (Wildman–Crippen MR) is 94.1 cm³/mol. The third-order valence-corrected chi connectivity index (χ3v) is 4.82. The van der Waals surface area contributed by atoms with Crippen LogP contribution in [0.2, 0.25) is 0 Å². The number of carbonyl (C=O) groups excluding carboxylic acids is 1. The summed E-state index contributed by atoms with van der Waals surface area (Å²) in [5, 5.41) is 18.9. The van der Waals surface area contributed by atoms with Crippen molar-refractivity contribution in [3.63, 3.8) is 0 Å². The Labute approximate surface area is 148 Å². The SMILES string of the molecule is CCCn1ncc(C(=O)N2CCCn3nc([C@H](O)CC)cc3C2)c1C. The number of nitrogens with zero attached hydrogens (tertiary/aromatic N) is 5. The molecule has 1 amide bonds. The lowest BCUT2D eigenvalue weighted by Gasteiger charge is -2.19. The number of aryl methyl sites for hydroxylation is 2. The average Bonchev–Trinajstić information content (AvgIpc) is 3.11. The summed E-state index contributed by atoms with van der Waals surface area (Å²) in [4.78, 5) is 14.9. The van der Waals surface area contributed by atoms with E-state index in [2.05, 4.69) is 17.1 Å². The van der Waals surface area contributed by atoms with Crippen molar-refractivity contribution in [2.45, 2.75) is 65.8 Å². The fraction of sp³-hybridized carbons (Fsp3) is 0.611. The second-order valence-corrected chi connectivity index (χ2v) is 6.65. The van der Waals surface area contributed by atoms with Crippen LogP contribution in [0, 0.1) is 6.92 Å². The van der Waals surface area contributed by atoms with Crippen molar-refractivity contribution in [2.75, 3.05) is 6.54 Å². The van der Waals surface area contributed by atoms with Gasteiger partial charge in [0.1, 0.15) is 0 Å². The number of aliphatic hydroxyl groups is 1. The summed E-state index contributed by atoms with van der Waals surface area (Å²) in [5.74, 6) is 0.0205. The maximum Gasteiger partial charge on any atom is 0.257 e. The minimum absolute atomic E-state index is 0.0205. The van der Waals surface area contributed by atoms with Gasteiger partial charge in [-0.2, -0.15) is 10.2 Å². The Hall–Kier alpha value is -2.15. The lowest BCUT2D eigenvalue weighted by atomic mass is 10.2. The van der Waals surface area contributed by atoms with Crippen LogP contribution in [0.15, 0.2) is 12.3 Å². The third-order valence-electron chi connectivity index (χ3n) is 4.82. The van der Waals surface area contributed by atoms with Crippen LogP contribution < -0.4 is 0 Å². The molecule has 136 valence electrons.